The standard InChI is InChI=1S/C23H24ClN7O3/c24-15-4-3-5-16(9-15)27-18-10-19(25-12-23(13-32)6-1-2-7-23)31-20(29-18)14(11-26-31)8-17-21(33)30-22(34)28-17/h3-5,8-11,27,32-33H,1-2,6-7,12-13H2,(H2,28,30,34)/b14-8+,25-19?. The lowest BCUT2D eigenvalue weighted by Gasteiger charge is -2.23. The van der Waals surface area contributed by atoms with Crippen molar-refractivity contribution in [3.8, 4) is 5.88 Å². The van der Waals surface area contributed by atoms with E-state index in [1.54, 1.807) is 35.0 Å². The highest BCUT2D eigenvalue weighted by Crippen LogP contribution is 2.37. The molecule has 10 nitrogen and oxygen atoms in total. The van der Waals surface area contributed by atoms with Crippen LogP contribution in [0.3, 0.4) is 0 Å². The fourth-order valence-corrected chi connectivity index (χ4v) is 4.53. The van der Waals surface area contributed by atoms with Crippen LogP contribution in [0.2, 0.25) is 5.02 Å². The second-order valence-electron chi connectivity index (χ2n) is 8.64. The van der Waals surface area contributed by atoms with Crippen molar-refractivity contribution in [2.24, 2.45) is 10.4 Å². The van der Waals surface area contributed by atoms with Gasteiger partial charge in [-0.1, -0.05) is 30.5 Å². The summed E-state index contributed by atoms with van der Waals surface area (Å²) < 4.78 is 1.61. The number of anilines is 2. The summed E-state index contributed by atoms with van der Waals surface area (Å²) in [4.78, 5) is 25.9. The molecule has 0 radical (unpaired) electrons. The van der Waals surface area contributed by atoms with Crippen molar-refractivity contribution in [1.29, 1.82) is 0 Å². The third kappa shape index (κ3) is 4.42. The summed E-state index contributed by atoms with van der Waals surface area (Å²) in [7, 11) is 0. The van der Waals surface area contributed by atoms with Gasteiger partial charge in [0, 0.05) is 34.0 Å². The Hall–Kier alpha value is -3.63. The van der Waals surface area contributed by atoms with Gasteiger partial charge < -0.3 is 20.5 Å². The quantitative estimate of drug-likeness (QED) is 0.284. The number of H-pyrrole nitrogens is 2. The topological polar surface area (TPSA) is 144 Å². The van der Waals surface area contributed by atoms with Crippen LogP contribution >= 0.6 is 11.6 Å². The van der Waals surface area contributed by atoms with Crippen LogP contribution in [0.25, 0.3) is 11.7 Å². The molecule has 1 saturated carbocycles. The molecule has 0 unspecified atom stereocenters. The van der Waals surface area contributed by atoms with E-state index >= 15 is 0 Å². The van der Waals surface area contributed by atoms with E-state index in [-0.39, 0.29) is 23.6 Å². The molecule has 0 aliphatic heterocycles. The van der Waals surface area contributed by atoms with Crippen LogP contribution in [0.4, 0.5) is 11.5 Å². The van der Waals surface area contributed by atoms with Crippen molar-refractivity contribution < 1.29 is 10.2 Å². The van der Waals surface area contributed by atoms with Gasteiger partial charge in [-0.05, 0) is 37.1 Å². The van der Waals surface area contributed by atoms with E-state index in [4.69, 9.17) is 21.6 Å². The number of fused-ring (bicyclic) bond motifs is 1. The smallest absolute Gasteiger partial charge is 0.326 e. The molecule has 3 aromatic heterocycles. The minimum atomic E-state index is -0.516. The lowest BCUT2D eigenvalue weighted by Crippen LogP contribution is -2.28. The average Bonchev–Trinajstić information content (AvgIpc) is 3.52. The molecule has 5 N–H and O–H groups in total. The number of rotatable bonds is 6. The molecule has 1 aliphatic rings. The summed E-state index contributed by atoms with van der Waals surface area (Å²) in [6.45, 7) is 0.570. The number of aromatic nitrogens is 5. The van der Waals surface area contributed by atoms with Crippen molar-refractivity contribution in [2.75, 3.05) is 18.5 Å². The molecule has 4 aromatic rings. The molecule has 3 heterocycles. The first-order chi connectivity index (χ1) is 16.4. The number of imidazole rings is 1. The van der Waals surface area contributed by atoms with Gasteiger partial charge in [0.1, 0.15) is 11.5 Å². The Morgan fingerprint density at radius 2 is 2.09 bits per heavy atom. The molecular weight excluding hydrogens is 458 g/mol. The second kappa shape index (κ2) is 8.96. The Bertz CT molecular complexity index is 1520. The summed E-state index contributed by atoms with van der Waals surface area (Å²) in [5.74, 6) is 0.258. The molecule has 11 heteroatoms. The minimum Gasteiger partial charge on any atom is -0.493 e. The first-order valence-electron chi connectivity index (χ1n) is 11.0. The van der Waals surface area contributed by atoms with Crippen molar-refractivity contribution in [2.45, 2.75) is 25.7 Å². The monoisotopic (exact) mass is 481 g/mol. The zero-order chi connectivity index (χ0) is 23.7. The number of halogens is 1. The fraction of sp³-hybridized carbons (Fsp3) is 0.304. The van der Waals surface area contributed by atoms with Crippen molar-refractivity contribution in [1.82, 2.24) is 24.6 Å². The van der Waals surface area contributed by atoms with Gasteiger partial charge in [-0.3, -0.25) is 9.98 Å². The van der Waals surface area contributed by atoms with Crippen LogP contribution in [0.5, 0.6) is 5.88 Å². The zero-order valence-corrected chi connectivity index (χ0v) is 19.0. The first kappa shape index (κ1) is 22.2. The van der Waals surface area contributed by atoms with Crippen LogP contribution in [-0.2, 0) is 0 Å². The number of benzene rings is 1. The van der Waals surface area contributed by atoms with Crippen LogP contribution in [0, 0.1) is 5.41 Å². The van der Waals surface area contributed by atoms with E-state index in [2.05, 4.69) is 20.4 Å². The van der Waals surface area contributed by atoms with E-state index in [9.17, 15) is 15.0 Å². The van der Waals surface area contributed by atoms with E-state index in [0.717, 1.165) is 31.4 Å². The Morgan fingerprint density at radius 1 is 1.26 bits per heavy atom. The highest BCUT2D eigenvalue weighted by atomic mass is 35.5. The van der Waals surface area contributed by atoms with Gasteiger partial charge in [0.05, 0.1) is 12.8 Å². The first-order valence-corrected chi connectivity index (χ1v) is 11.4. The van der Waals surface area contributed by atoms with Crippen LogP contribution in [-0.4, -0.2) is 47.9 Å². The van der Waals surface area contributed by atoms with Gasteiger partial charge in [-0.15, -0.1) is 0 Å². The lowest BCUT2D eigenvalue weighted by atomic mass is 9.87. The summed E-state index contributed by atoms with van der Waals surface area (Å²) in [5.41, 5.74) is 1.30. The molecule has 1 aliphatic carbocycles. The number of aliphatic hydroxyl groups excluding tert-OH is 1. The zero-order valence-electron chi connectivity index (χ0n) is 18.3. The van der Waals surface area contributed by atoms with Crippen molar-refractivity contribution in [3.63, 3.8) is 0 Å². The second-order valence-corrected chi connectivity index (χ2v) is 9.07. The third-order valence-electron chi connectivity index (χ3n) is 6.19. The predicted molar refractivity (Wildman–Crippen MR) is 128 cm³/mol. The molecule has 176 valence electrons. The highest BCUT2D eigenvalue weighted by Gasteiger charge is 2.32. The minimum absolute atomic E-state index is 0.0939. The highest BCUT2D eigenvalue weighted by molar-refractivity contribution is 6.30. The molecule has 0 saturated heterocycles. The van der Waals surface area contributed by atoms with Gasteiger partial charge in [-0.2, -0.15) is 9.61 Å². The molecule has 34 heavy (non-hydrogen) atoms. The maximum absolute atomic E-state index is 11.5. The average molecular weight is 482 g/mol. The van der Waals surface area contributed by atoms with Gasteiger partial charge in [-0.25, -0.2) is 9.78 Å². The molecule has 1 aromatic carbocycles. The number of nitrogens with zero attached hydrogens (tertiary/aromatic N) is 4. The number of aromatic amines is 2. The number of nitrogens with one attached hydrogen (secondary N) is 3. The number of aromatic hydroxyl groups is 1. The summed E-state index contributed by atoms with van der Waals surface area (Å²) in [6, 6.07) is 9.08. The van der Waals surface area contributed by atoms with Crippen LogP contribution in [0.15, 0.2) is 46.3 Å². The van der Waals surface area contributed by atoms with Crippen LogP contribution < -0.4 is 21.7 Å². The number of hydrogen-bond acceptors (Lipinski definition) is 7. The normalized spacial score (nSPS) is 16.5. The van der Waals surface area contributed by atoms with Crippen molar-refractivity contribution >= 4 is 34.8 Å². The van der Waals surface area contributed by atoms with Crippen molar-refractivity contribution in [3.05, 3.63) is 68.4 Å². The van der Waals surface area contributed by atoms with E-state index in [1.807, 2.05) is 12.1 Å². The molecular formula is C23H24ClN7O3. The van der Waals surface area contributed by atoms with Gasteiger partial charge in [0.15, 0.2) is 11.1 Å². The largest absolute Gasteiger partial charge is 0.493 e. The third-order valence-corrected chi connectivity index (χ3v) is 6.42. The van der Waals surface area contributed by atoms with Gasteiger partial charge in [0.25, 0.3) is 0 Å². The molecule has 1 fully saturated rings. The fourth-order valence-electron chi connectivity index (χ4n) is 4.34. The summed E-state index contributed by atoms with van der Waals surface area (Å²) in [6.07, 6.45) is 7.22. The maximum atomic E-state index is 11.5. The van der Waals surface area contributed by atoms with E-state index in [0.29, 0.717) is 33.7 Å². The summed E-state index contributed by atoms with van der Waals surface area (Å²) >= 11 is 6.13. The summed E-state index contributed by atoms with van der Waals surface area (Å²) in [5, 5.41) is 28.8. The Labute approximate surface area is 198 Å². The Balaban J connectivity index is 1.65. The molecule has 0 spiro atoms. The Morgan fingerprint density at radius 3 is 2.79 bits per heavy atom. The Kier molecular flexibility index (Phi) is 5.84. The predicted octanol–water partition coefficient (Wildman–Crippen LogP) is 1.85. The SMILES string of the molecule is O=c1[nH]c(O)c(/C=c2\cnn3c(=NCC4(CO)CCCC4)cc(Nc4cccc(Cl)c4)nc23)[nH]1. The van der Waals surface area contributed by atoms with E-state index in [1.165, 1.54) is 0 Å². The molecule has 5 rings (SSSR count). The lowest BCUT2D eigenvalue weighted by molar-refractivity contribution is 0.138. The number of hydrogen-bond donors (Lipinski definition) is 5. The van der Waals surface area contributed by atoms with Gasteiger partial charge >= 0.3 is 5.69 Å². The molecule has 0 amide bonds. The van der Waals surface area contributed by atoms with Crippen LogP contribution in [0.1, 0.15) is 31.4 Å². The molecule has 0 bridgehead atoms. The molecule has 0 atom stereocenters. The van der Waals surface area contributed by atoms with E-state index < -0.39 is 5.69 Å². The van der Waals surface area contributed by atoms with Gasteiger partial charge in [0.2, 0.25) is 5.88 Å². The number of aliphatic hydroxyl groups is 1. The maximum Gasteiger partial charge on any atom is 0.326 e.